The third-order valence-corrected chi connectivity index (χ3v) is 5.55. The molecule has 0 unspecified atom stereocenters. The SMILES string of the molecule is Nc1cccc(NCc2ccc(Cc3cc(-c4ccc[n+](COP(=O)(O)O)c4N)on3)cc2)c1. The van der Waals surface area contributed by atoms with Crippen molar-refractivity contribution in [1.29, 1.82) is 0 Å². The van der Waals surface area contributed by atoms with Crippen molar-refractivity contribution in [1.82, 2.24) is 5.16 Å². The first kappa shape index (κ1) is 23.5. The van der Waals surface area contributed by atoms with E-state index in [0.29, 0.717) is 30.0 Å². The Morgan fingerprint density at radius 2 is 1.79 bits per heavy atom. The molecule has 0 bridgehead atoms. The number of anilines is 3. The van der Waals surface area contributed by atoms with Crippen molar-refractivity contribution in [3.05, 3.63) is 89.7 Å². The van der Waals surface area contributed by atoms with Gasteiger partial charge in [0.15, 0.2) is 5.76 Å². The molecule has 34 heavy (non-hydrogen) atoms. The van der Waals surface area contributed by atoms with E-state index in [4.69, 9.17) is 25.8 Å². The first-order valence-corrected chi connectivity index (χ1v) is 11.9. The molecular weight excluding hydrogens is 457 g/mol. The summed E-state index contributed by atoms with van der Waals surface area (Å²) in [6.45, 7) is 0.278. The zero-order valence-corrected chi connectivity index (χ0v) is 19.1. The number of nitrogens with zero attached hydrogens (tertiary/aromatic N) is 2. The van der Waals surface area contributed by atoms with Crippen LogP contribution in [0.25, 0.3) is 11.3 Å². The van der Waals surface area contributed by atoms with Crippen LogP contribution in [0, 0.1) is 0 Å². The Bertz CT molecular complexity index is 1320. The summed E-state index contributed by atoms with van der Waals surface area (Å²) in [5, 5.41) is 7.48. The van der Waals surface area contributed by atoms with Gasteiger partial charge in [0.2, 0.25) is 6.73 Å². The minimum atomic E-state index is -4.62. The smallest absolute Gasteiger partial charge is 0.399 e. The van der Waals surface area contributed by atoms with Gasteiger partial charge in [-0.1, -0.05) is 35.5 Å². The molecule has 176 valence electrons. The summed E-state index contributed by atoms with van der Waals surface area (Å²) in [5.41, 5.74) is 17.1. The second-order valence-electron chi connectivity index (χ2n) is 7.68. The predicted molar refractivity (Wildman–Crippen MR) is 127 cm³/mol. The Balaban J connectivity index is 1.40. The van der Waals surface area contributed by atoms with E-state index >= 15 is 0 Å². The molecule has 2 aromatic carbocycles. The highest BCUT2D eigenvalue weighted by atomic mass is 31.2. The van der Waals surface area contributed by atoms with Crippen LogP contribution in [0.2, 0.25) is 0 Å². The van der Waals surface area contributed by atoms with Crippen molar-refractivity contribution in [3.63, 3.8) is 0 Å². The number of nitrogens with two attached hydrogens (primary N) is 2. The molecule has 2 heterocycles. The number of nitrogen functional groups attached to an aromatic ring is 2. The fourth-order valence-electron chi connectivity index (χ4n) is 3.38. The van der Waals surface area contributed by atoms with Gasteiger partial charge in [-0.05, 0) is 41.5 Å². The van der Waals surface area contributed by atoms with E-state index in [1.807, 2.05) is 36.4 Å². The molecule has 0 spiro atoms. The quantitative estimate of drug-likeness (QED) is 0.137. The molecule has 0 fully saturated rings. The van der Waals surface area contributed by atoms with Crippen molar-refractivity contribution in [3.8, 4) is 11.3 Å². The number of pyridine rings is 1. The van der Waals surface area contributed by atoms with E-state index in [9.17, 15) is 4.57 Å². The molecule has 4 aromatic rings. The van der Waals surface area contributed by atoms with Crippen LogP contribution in [0.4, 0.5) is 17.2 Å². The van der Waals surface area contributed by atoms with Crippen LogP contribution < -0.4 is 21.4 Å². The van der Waals surface area contributed by atoms with Gasteiger partial charge >= 0.3 is 7.82 Å². The topological polar surface area (TPSA) is 161 Å². The van der Waals surface area contributed by atoms with Crippen LogP contribution in [0.15, 0.2) is 77.4 Å². The molecule has 0 radical (unpaired) electrons. The molecule has 0 saturated heterocycles. The monoisotopic (exact) mass is 482 g/mol. The van der Waals surface area contributed by atoms with Crippen LogP contribution in [-0.2, 0) is 28.8 Å². The maximum absolute atomic E-state index is 11.0. The van der Waals surface area contributed by atoms with Crippen LogP contribution in [0.1, 0.15) is 16.8 Å². The number of aromatic nitrogens is 2. The van der Waals surface area contributed by atoms with Crippen molar-refractivity contribution in [2.24, 2.45) is 0 Å². The molecule has 0 aliphatic carbocycles. The zero-order valence-electron chi connectivity index (χ0n) is 18.2. The third-order valence-electron chi connectivity index (χ3n) is 5.10. The van der Waals surface area contributed by atoms with E-state index in [-0.39, 0.29) is 5.82 Å². The Morgan fingerprint density at radius 3 is 2.53 bits per heavy atom. The fourth-order valence-corrected chi connectivity index (χ4v) is 3.66. The van der Waals surface area contributed by atoms with E-state index in [1.165, 1.54) is 4.57 Å². The molecule has 10 nitrogen and oxygen atoms in total. The Labute approximate surface area is 196 Å². The molecule has 0 aliphatic heterocycles. The van der Waals surface area contributed by atoms with Crippen LogP contribution >= 0.6 is 7.82 Å². The van der Waals surface area contributed by atoms with Gasteiger partial charge in [-0.2, -0.15) is 0 Å². The highest BCUT2D eigenvalue weighted by Crippen LogP contribution is 2.35. The first-order valence-electron chi connectivity index (χ1n) is 10.4. The van der Waals surface area contributed by atoms with E-state index in [2.05, 4.69) is 27.1 Å². The molecule has 0 amide bonds. The summed E-state index contributed by atoms with van der Waals surface area (Å²) < 4.78 is 22.3. The second kappa shape index (κ2) is 10.1. The molecule has 2 aromatic heterocycles. The molecular formula is C23H25N5O5P+. The van der Waals surface area contributed by atoms with Gasteiger partial charge in [0.25, 0.3) is 5.82 Å². The van der Waals surface area contributed by atoms with Crippen molar-refractivity contribution >= 4 is 25.0 Å². The first-order chi connectivity index (χ1) is 16.3. The summed E-state index contributed by atoms with van der Waals surface area (Å²) in [6, 6.07) is 21.0. The lowest BCUT2D eigenvalue weighted by Gasteiger charge is -2.08. The lowest BCUT2D eigenvalue weighted by atomic mass is 10.1. The maximum atomic E-state index is 11.0. The van der Waals surface area contributed by atoms with Crippen LogP contribution in [0.5, 0.6) is 0 Å². The van der Waals surface area contributed by atoms with E-state index < -0.39 is 14.6 Å². The molecule has 0 saturated carbocycles. The maximum Gasteiger partial charge on any atom is 0.472 e. The third kappa shape index (κ3) is 6.21. The largest absolute Gasteiger partial charge is 0.472 e. The van der Waals surface area contributed by atoms with Crippen LogP contribution in [0.3, 0.4) is 0 Å². The summed E-state index contributed by atoms with van der Waals surface area (Å²) >= 11 is 0. The van der Waals surface area contributed by atoms with Gasteiger partial charge in [-0.3, -0.25) is 5.73 Å². The molecule has 0 aliphatic rings. The molecule has 7 N–H and O–H groups in total. The highest BCUT2D eigenvalue weighted by molar-refractivity contribution is 7.46. The van der Waals surface area contributed by atoms with Gasteiger partial charge in [0.05, 0.1) is 11.9 Å². The van der Waals surface area contributed by atoms with Crippen molar-refractivity contribution in [2.45, 2.75) is 19.7 Å². The Kier molecular flexibility index (Phi) is 6.95. The number of nitrogens with one attached hydrogen (secondary N) is 1. The van der Waals surface area contributed by atoms with Gasteiger partial charge in [0.1, 0.15) is 5.56 Å². The summed E-state index contributed by atoms with van der Waals surface area (Å²) in [4.78, 5) is 17.8. The predicted octanol–water partition coefficient (Wildman–Crippen LogP) is 3.06. The average molecular weight is 482 g/mol. The van der Waals surface area contributed by atoms with E-state index in [1.54, 1.807) is 24.4 Å². The Morgan fingerprint density at radius 1 is 1.03 bits per heavy atom. The number of rotatable bonds is 9. The zero-order chi connectivity index (χ0) is 24.1. The normalized spacial score (nSPS) is 11.5. The standard InChI is InChI=1S/C23H24N5O5P/c24-18-3-1-4-19(12-18)26-14-17-8-6-16(7-9-17)11-20-13-22(33-27-20)21-5-2-10-28(23(21)25)15-32-34(29,30)31/h1-10,12-13,25-26H,11,14-15,24H2,(H2,29,30,31)/p+1. The highest BCUT2D eigenvalue weighted by Gasteiger charge is 2.20. The number of hydrogen-bond acceptors (Lipinski definition) is 7. The van der Waals surface area contributed by atoms with E-state index in [0.717, 1.165) is 22.5 Å². The number of hydrogen-bond donors (Lipinski definition) is 5. The van der Waals surface area contributed by atoms with Gasteiger partial charge < -0.3 is 25.4 Å². The summed E-state index contributed by atoms with van der Waals surface area (Å²) in [6.07, 6.45) is 2.12. The molecule has 0 atom stereocenters. The number of benzene rings is 2. The summed E-state index contributed by atoms with van der Waals surface area (Å²) in [5.74, 6) is 0.677. The minimum Gasteiger partial charge on any atom is -0.399 e. The number of phosphoric acid groups is 1. The van der Waals surface area contributed by atoms with Crippen LogP contribution in [-0.4, -0.2) is 14.9 Å². The lowest BCUT2D eigenvalue weighted by molar-refractivity contribution is -0.711. The minimum absolute atomic E-state index is 0.232. The van der Waals surface area contributed by atoms with Crippen molar-refractivity contribution < 1.29 is 28.0 Å². The average Bonchev–Trinajstić information content (AvgIpc) is 3.25. The van der Waals surface area contributed by atoms with Gasteiger partial charge in [-0.15, -0.1) is 0 Å². The fraction of sp³-hybridized carbons (Fsp3) is 0.130. The number of phosphoric ester groups is 1. The molecule has 4 rings (SSSR count). The Hall–Kier alpha value is -3.69. The van der Waals surface area contributed by atoms with Gasteiger partial charge in [0, 0.05) is 30.4 Å². The summed E-state index contributed by atoms with van der Waals surface area (Å²) in [7, 11) is -4.62. The van der Waals surface area contributed by atoms with Crippen molar-refractivity contribution in [2.75, 3.05) is 16.8 Å². The second-order valence-corrected chi connectivity index (χ2v) is 8.92. The van der Waals surface area contributed by atoms with Gasteiger partial charge in [-0.25, -0.2) is 13.7 Å². The lowest BCUT2D eigenvalue weighted by Crippen LogP contribution is -2.38. The molecule has 11 heteroatoms.